The van der Waals surface area contributed by atoms with Gasteiger partial charge < -0.3 is 56.0 Å². The number of allylic oxidation sites excluding steroid dienone is 5. The van der Waals surface area contributed by atoms with Crippen LogP contribution in [-0.4, -0.2) is 140 Å². The molecule has 26 nitrogen and oxygen atoms in total. The van der Waals surface area contributed by atoms with E-state index in [0.29, 0.717) is 37.0 Å². The second kappa shape index (κ2) is 27.6. The third kappa shape index (κ3) is 19.3. The van der Waals surface area contributed by atoms with Crippen LogP contribution in [0.3, 0.4) is 0 Å². The Hall–Kier alpha value is -3.59. The number of amides is 2. The van der Waals surface area contributed by atoms with E-state index in [1.165, 1.54) is 13.8 Å². The van der Waals surface area contributed by atoms with Crippen LogP contribution in [0.1, 0.15) is 91.2 Å². The molecule has 2 aromatic rings. The summed E-state index contributed by atoms with van der Waals surface area (Å²) in [6, 6.07) is 0. The Morgan fingerprint density at radius 3 is 2.42 bits per heavy atom. The second-order valence-corrected chi connectivity index (χ2v) is 22.6. The van der Waals surface area contributed by atoms with Crippen LogP contribution >= 0.6 is 35.2 Å². The highest BCUT2D eigenvalue weighted by molar-refractivity contribution is 8.13. The molecule has 9 atom stereocenters. The first kappa shape index (κ1) is 60.0. The SMILES string of the molecule is CCCCC/C=C/C=C1/C(=O)CC(O)C1C/C=C/CCCC(=O)SCCNC(=O)CCNC(=O)C(O)C(C)(C)COP(=O)(O)OP(=O)(O)OCC1OC(n2cnc3c(N)ncnc32)C(O)C1OP(=O)(O)O. The molecule has 30 heteroatoms. The molecule has 1 saturated carbocycles. The van der Waals surface area contributed by atoms with E-state index in [0.717, 1.165) is 54.7 Å². The Kier molecular flexibility index (Phi) is 23.3. The number of nitrogens with zero attached hydrogens (tertiary/aromatic N) is 4. The first-order valence-corrected chi connectivity index (χ1v) is 28.1. The number of hydrogen-bond acceptors (Lipinski definition) is 20. The lowest BCUT2D eigenvalue weighted by Crippen LogP contribution is -2.46. The molecule has 0 spiro atoms. The van der Waals surface area contributed by atoms with Gasteiger partial charge in [0.25, 0.3) is 0 Å². The highest BCUT2D eigenvalue weighted by atomic mass is 32.2. The molecule has 2 fully saturated rings. The van der Waals surface area contributed by atoms with Crippen LogP contribution in [0, 0.1) is 11.3 Å². The third-order valence-corrected chi connectivity index (χ3v) is 15.1. The zero-order chi connectivity index (χ0) is 52.6. The summed E-state index contributed by atoms with van der Waals surface area (Å²) in [5.74, 6) is -1.50. The molecule has 2 aromatic heterocycles. The number of anilines is 1. The molecule has 0 aromatic carbocycles. The average Bonchev–Trinajstić information content (AvgIpc) is 3.94. The van der Waals surface area contributed by atoms with E-state index < -0.39 is 90.7 Å². The molecule has 1 aliphatic heterocycles. The van der Waals surface area contributed by atoms with E-state index in [9.17, 15) is 67.8 Å². The summed E-state index contributed by atoms with van der Waals surface area (Å²) in [6.45, 7) is 2.52. The molecule has 398 valence electrons. The lowest BCUT2D eigenvalue weighted by atomic mass is 9.87. The molecule has 2 amide bonds. The number of nitrogens with one attached hydrogen (secondary N) is 2. The fraction of sp³-hybridized carbons (Fsp3) is 0.634. The summed E-state index contributed by atoms with van der Waals surface area (Å²) in [5.41, 5.74) is 4.88. The number of thioether (sulfide) groups is 1. The zero-order valence-corrected chi connectivity index (χ0v) is 42.8. The predicted molar refractivity (Wildman–Crippen MR) is 255 cm³/mol. The zero-order valence-electron chi connectivity index (χ0n) is 39.3. The Labute approximate surface area is 413 Å². The van der Waals surface area contributed by atoms with E-state index in [1.54, 1.807) is 0 Å². The van der Waals surface area contributed by atoms with Crippen LogP contribution in [0.2, 0.25) is 0 Å². The van der Waals surface area contributed by atoms with Crippen LogP contribution in [0.4, 0.5) is 5.82 Å². The first-order chi connectivity index (χ1) is 33.3. The number of imidazole rings is 1. The molecule has 3 heterocycles. The first-order valence-electron chi connectivity index (χ1n) is 22.6. The van der Waals surface area contributed by atoms with Gasteiger partial charge in [0.2, 0.25) is 11.8 Å². The monoisotopic (exact) mass is 1080 g/mol. The van der Waals surface area contributed by atoms with Crippen molar-refractivity contribution < 1.29 is 90.4 Å². The molecule has 2 aliphatic rings. The number of ether oxygens (including phenoxy) is 1. The average molecular weight is 1080 g/mol. The molecule has 0 radical (unpaired) electrons. The number of fused-ring (bicyclic) bond motifs is 1. The number of aliphatic hydroxyl groups excluding tert-OH is 3. The van der Waals surface area contributed by atoms with E-state index in [4.69, 9.17) is 19.5 Å². The van der Waals surface area contributed by atoms with Gasteiger partial charge in [-0.3, -0.25) is 37.3 Å². The maximum absolute atomic E-state index is 12.8. The summed E-state index contributed by atoms with van der Waals surface area (Å²) in [7, 11) is -16.5. The van der Waals surface area contributed by atoms with Gasteiger partial charge in [0.05, 0.1) is 25.6 Å². The minimum absolute atomic E-state index is 0.0233. The van der Waals surface area contributed by atoms with Gasteiger partial charge in [-0.15, -0.1) is 0 Å². The fourth-order valence-electron chi connectivity index (χ4n) is 7.24. The molecular formula is C41H64N7O19P3S. The standard InChI is InChI=1S/C41H64N7O19P3S/c1-4-5-6-7-8-11-14-26-27(29(50)21-28(26)49)15-12-9-10-13-16-32(52)71-20-19-43-31(51)17-18-44-39(55)36(54)41(2,3)23-64-70(61,62)67-69(59,60)63-22-30-35(66-68(56,57)58)34(53)40(65-30)48-25-47-33-37(42)45-24-46-38(33)48/h8-9,11-12,14,24-25,27,29-30,34-36,40,50,53-54H,4-7,10,13,15-23H2,1-3H3,(H,43,51)(H,44,55)(H,59,60)(H,61,62)(H2,42,45,46)(H2,56,57,58)/b11-8+,12-9+,26-14+. The van der Waals surface area contributed by atoms with E-state index in [2.05, 4.69) is 41.3 Å². The van der Waals surface area contributed by atoms with Crippen molar-refractivity contribution in [2.24, 2.45) is 11.3 Å². The van der Waals surface area contributed by atoms with Crippen LogP contribution in [-0.2, 0) is 55.5 Å². The third-order valence-electron chi connectivity index (χ3n) is 11.0. The van der Waals surface area contributed by atoms with Gasteiger partial charge in [-0.25, -0.2) is 28.6 Å². The van der Waals surface area contributed by atoms with E-state index in [-0.39, 0.29) is 59.7 Å². The minimum Gasteiger partial charge on any atom is -0.392 e. The van der Waals surface area contributed by atoms with Gasteiger partial charge in [-0.1, -0.05) is 75.8 Å². The van der Waals surface area contributed by atoms with Crippen molar-refractivity contribution in [2.75, 3.05) is 37.8 Å². The van der Waals surface area contributed by atoms with Gasteiger partial charge in [-0.05, 0) is 32.1 Å². The molecule has 71 heavy (non-hydrogen) atoms. The number of rotatable bonds is 30. The van der Waals surface area contributed by atoms with Gasteiger partial charge >= 0.3 is 23.5 Å². The lowest BCUT2D eigenvalue weighted by Gasteiger charge is -2.30. The summed E-state index contributed by atoms with van der Waals surface area (Å²) in [4.78, 5) is 101. The molecule has 1 saturated heterocycles. The van der Waals surface area contributed by atoms with Crippen molar-refractivity contribution in [3.05, 3.63) is 48.6 Å². The van der Waals surface area contributed by atoms with E-state index in [1.807, 2.05) is 30.4 Å². The number of Topliss-reactive ketones (excluding diaryl/α,β-unsaturated/α-hetero) is 1. The number of nitrogen functional groups attached to an aromatic ring is 1. The van der Waals surface area contributed by atoms with Crippen molar-refractivity contribution in [1.29, 1.82) is 0 Å². The van der Waals surface area contributed by atoms with Gasteiger partial charge in [-0.2, -0.15) is 4.31 Å². The molecule has 4 rings (SSSR count). The maximum Gasteiger partial charge on any atom is 0.481 e. The topological polar surface area (TPSA) is 401 Å². The normalized spacial score (nSPS) is 23.7. The number of carbonyl (C=O) groups excluding carboxylic acids is 4. The van der Waals surface area contributed by atoms with Crippen molar-refractivity contribution in [2.45, 2.75) is 122 Å². The number of unbranched alkanes of at least 4 members (excludes halogenated alkanes) is 4. The Morgan fingerprint density at radius 2 is 1.70 bits per heavy atom. The van der Waals surface area contributed by atoms with Gasteiger partial charge in [0.1, 0.15) is 36.3 Å². The quantitative estimate of drug-likeness (QED) is 0.0233. The largest absolute Gasteiger partial charge is 0.481 e. The number of nitrogens with two attached hydrogens (primary N) is 1. The molecule has 11 N–H and O–H groups in total. The van der Waals surface area contributed by atoms with Crippen LogP contribution in [0.25, 0.3) is 11.2 Å². The second-order valence-electron chi connectivity index (χ2n) is 17.2. The summed E-state index contributed by atoms with van der Waals surface area (Å²) in [6.07, 6.45) is 8.37. The van der Waals surface area contributed by atoms with Crippen LogP contribution < -0.4 is 16.4 Å². The number of carbonyl (C=O) groups is 4. The van der Waals surface area contributed by atoms with Crippen LogP contribution in [0.5, 0.6) is 0 Å². The number of aliphatic hydroxyl groups is 3. The van der Waals surface area contributed by atoms with Crippen LogP contribution in [0.15, 0.2) is 48.6 Å². The van der Waals surface area contributed by atoms with Gasteiger partial charge in [0.15, 0.2) is 28.6 Å². The summed E-state index contributed by atoms with van der Waals surface area (Å²) in [5, 5.41) is 36.9. The summed E-state index contributed by atoms with van der Waals surface area (Å²) < 4.78 is 62.4. The minimum atomic E-state index is -5.60. The fourth-order valence-corrected chi connectivity index (χ4v) is 10.8. The number of hydrogen-bond donors (Lipinski definition) is 10. The highest BCUT2D eigenvalue weighted by Crippen LogP contribution is 2.61. The van der Waals surface area contributed by atoms with Gasteiger partial charge in [0, 0.05) is 55.0 Å². The van der Waals surface area contributed by atoms with Crippen molar-refractivity contribution in [1.82, 2.24) is 30.2 Å². The number of aromatic nitrogens is 4. The molecule has 1 aliphatic carbocycles. The van der Waals surface area contributed by atoms with Crippen molar-refractivity contribution in [3.63, 3.8) is 0 Å². The Bertz CT molecular complexity index is 2380. The number of phosphoric ester groups is 3. The lowest BCUT2D eigenvalue weighted by molar-refractivity contribution is -0.137. The summed E-state index contributed by atoms with van der Waals surface area (Å²) >= 11 is 1.06. The van der Waals surface area contributed by atoms with Crippen molar-refractivity contribution >= 4 is 74.9 Å². The molecular weight excluding hydrogens is 1020 g/mol. The predicted octanol–water partition coefficient (Wildman–Crippen LogP) is 2.79. The smallest absolute Gasteiger partial charge is 0.392 e. The Morgan fingerprint density at radius 1 is 0.986 bits per heavy atom. The molecule has 0 bridgehead atoms. The van der Waals surface area contributed by atoms with E-state index >= 15 is 0 Å². The molecule has 9 unspecified atom stereocenters. The Balaban J connectivity index is 1.11. The highest BCUT2D eigenvalue weighted by Gasteiger charge is 2.50. The maximum atomic E-state index is 12.8. The van der Waals surface area contributed by atoms with Crippen molar-refractivity contribution in [3.8, 4) is 0 Å². The number of ketones is 1. The number of phosphoric acid groups is 3.